The van der Waals surface area contributed by atoms with Crippen molar-refractivity contribution in [3.63, 3.8) is 0 Å². The average Bonchev–Trinajstić information content (AvgIpc) is 2.98. The quantitative estimate of drug-likeness (QED) is 0.898. The minimum absolute atomic E-state index is 0.539. The van der Waals surface area contributed by atoms with Crippen LogP contribution in [0.3, 0.4) is 0 Å². The highest BCUT2D eigenvalue weighted by molar-refractivity contribution is 7.11. The topological polar surface area (TPSA) is 28.2 Å². The Morgan fingerprint density at radius 2 is 2.16 bits per heavy atom. The Labute approximate surface area is 120 Å². The lowest BCUT2D eigenvalue weighted by molar-refractivity contribution is 0.254. The van der Waals surface area contributed by atoms with Gasteiger partial charge in [0.05, 0.1) is 10.7 Å². The minimum Gasteiger partial charge on any atom is -0.314 e. The summed E-state index contributed by atoms with van der Waals surface area (Å²) in [7, 11) is 0. The molecule has 1 N–H and O–H groups in total. The summed E-state index contributed by atoms with van der Waals surface area (Å²) < 4.78 is 0. The van der Waals surface area contributed by atoms with Crippen LogP contribution in [-0.2, 0) is 0 Å². The van der Waals surface area contributed by atoms with Gasteiger partial charge in [0.15, 0.2) is 0 Å². The number of likely N-dealkylation sites (tertiary alicyclic amines) is 1. The first-order valence-electron chi connectivity index (χ1n) is 7.55. The molecule has 4 heteroatoms. The Morgan fingerprint density at radius 1 is 1.37 bits per heavy atom. The van der Waals surface area contributed by atoms with Gasteiger partial charge in [-0.2, -0.15) is 0 Å². The van der Waals surface area contributed by atoms with Crippen molar-refractivity contribution in [3.8, 4) is 0 Å². The molecule has 2 heterocycles. The van der Waals surface area contributed by atoms with E-state index in [2.05, 4.69) is 36.0 Å². The SMILES string of the molecule is Cc1nc(C)c(C(C)N2CCC(CNC3CC3)C2)s1. The first kappa shape index (κ1) is 13.5. The molecular formula is C15H25N3S. The highest BCUT2D eigenvalue weighted by Gasteiger charge is 2.30. The summed E-state index contributed by atoms with van der Waals surface area (Å²) in [5.41, 5.74) is 1.23. The lowest BCUT2D eigenvalue weighted by atomic mass is 10.1. The van der Waals surface area contributed by atoms with E-state index in [0.717, 1.165) is 12.0 Å². The molecule has 2 aliphatic rings. The van der Waals surface area contributed by atoms with Crippen LogP contribution in [-0.4, -0.2) is 35.6 Å². The zero-order chi connectivity index (χ0) is 13.4. The molecule has 106 valence electrons. The molecule has 3 rings (SSSR count). The molecule has 0 aromatic carbocycles. The van der Waals surface area contributed by atoms with Crippen molar-refractivity contribution in [3.05, 3.63) is 15.6 Å². The van der Waals surface area contributed by atoms with Crippen molar-refractivity contribution in [1.29, 1.82) is 0 Å². The van der Waals surface area contributed by atoms with Gasteiger partial charge in [0, 0.05) is 23.5 Å². The molecule has 19 heavy (non-hydrogen) atoms. The molecule has 1 aromatic rings. The van der Waals surface area contributed by atoms with Crippen molar-refractivity contribution >= 4 is 11.3 Å². The maximum absolute atomic E-state index is 4.57. The van der Waals surface area contributed by atoms with E-state index in [-0.39, 0.29) is 0 Å². The maximum Gasteiger partial charge on any atom is 0.0900 e. The number of aromatic nitrogens is 1. The van der Waals surface area contributed by atoms with E-state index in [1.165, 1.54) is 54.5 Å². The Balaban J connectivity index is 1.55. The fourth-order valence-corrected chi connectivity index (χ4v) is 4.12. The van der Waals surface area contributed by atoms with E-state index >= 15 is 0 Å². The number of thiazole rings is 1. The van der Waals surface area contributed by atoms with Crippen molar-refractivity contribution in [2.45, 2.75) is 52.1 Å². The van der Waals surface area contributed by atoms with Crippen LogP contribution in [0.4, 0.5) is 0 Å². The third-order valence-electron chi connectivity index (χ3n) is 4.46. The van der Waals surface area contributed by atoms with E-state index in [9.17, 15) is 0 Å². The smallest absolute Gasteiger partial charge is 0.0900 e. The first-order chi connectivity index (χ1) is 9.13. The van der Waals surface area contributed by atoms with Gasteiger partial charge in [-0.3, -0.25) is 4.90 Å². The van der Waals surface area contributed by atoms with Crippen LogP contribution in [0.1, 0.15) is 47.8 Å². The highest BCUT2D eigenvalue weighted by atomic mass is 32.1. The van der Waals surface area contributed by atoms with Crippen LogP contribution in [0.5, 0.6) is 0 Å². The molecule has 0 radical (unpaired) electrons. The minimum atomic E-state index is 0.539. The summed E-state index contributed by atoms with van der Waals surface area (Å²) in [5.74, 6) is 0.845. The van der Waals surface area contributed by atoms with Gasteiger partial charge < -0.3 is 5.32 Å². The maximum atomic E-state index is 4.57. The van der Waals surface area contributed by atoms with E-state index in [1.54, 1.807) is 0 Å². The zero-order valence-electron chi connectivity index (χ0n) is 12.3. The lowest BCUT2D eigenvalue weighted by Crippen LogP contribution is -2.29. The second-order valence-electron chi connectivity index (χ2n) is 6.19. The Bertz CT molecular complexity index is 439. The third-order valence-corrected chi connectivity index (χ3v) is 5.70. The van der Waals surface area contributed by atoms with Gasteiger partial charge in [0.25, 0.3) is 0 Å². The number of hydrogen-bond donors (Lipinski definition) is 1. The molecule has 1 aliphatic carbocycles. The van der Waals surface area contributed by atoms with Crippen LogP contribution in [0.15, 0.2) is 0 Å². The molecule has 3 nitrogen and oxygen atoms in total. The molecule has 1 saturated heterocycles. The van der Waals surface area contributed by atoms with Crippen molar-refractivity contribution in [2.75, 3.05) is 19.6 Å². The predicted octanol–water partition coefficient (Wildman–Crippen LogP) is 2.89. The first-order valence-corrected chi connectivity index (χ1v) is 8.36. The molecule has 1 aromatic heterocycles. The standard InChI is InChI=1S/C15H25N3S/c1-10-15(19-12(3)17-10)11(2)18-7-6-13(9-18)8-16-14-4-5-14/h11,13-14,16H,4-9H2,1-3H3. The molecule has 1 aliphatic heterocycles. The van der Waals surface area contributed by atoms with Crippen molar-refractivity contribution in [1.82, 2.24) is 15.2 Å². The van der Waals surface area contributed by atoms with Crippen LogP contribution >= 0.6 is 11.3 Å². The number of hydrogen-bond acceptors (Lipinski definition) is 4. The second-order valence-corrected chi connectivity index (χ2v) is 7.43. The lowest BCUT2D eigenvalue weighted by Gasteiger charge is -2.23. The summed E-state index contributed by atoms with van der Waals surface area (Å²) >= 11 is 1.87. The normalized spacial score (nSPS) is 25.9. The number of rotatable bonds is 5. The fourth-order valence-electron chi connectivity index (χ4n) is 3.10. The van der Waals surface area contributed by atoms with Crippen LogP contribution < -0.4 is 5.32 Å². The zero-order valence-corrected chi connectivity index (χ0v) is 13.1. The van der Waals surface area contributed by atoms with Gasteiger partial charge in [-0.15, -0.1) is 11.3 Å². The van der Waals surface area contributed by atoms with E-state index < -0.39 is 0 Å². The van der Waals surface area contributed by atoms with Crippen LogP contribution in [0.2, 0.25) is 0 Å². The Kier molecular flexibility index (Phi) is 3.92. The highest BCUT2D eigenvalue weighted by Crippen LogP contribution is 2.32. The van der Waals surface area contributed by atoms with Gasteiger partial charge in [-0.05, 0) is 59.0 Å². The summed E-state index contributed by atoms with van der Waals surface area (Å²) in [5, 5.41) is 4.88. The monoisotopic (exact) mass is 279 g/mol. The van der Waals surface area contributed by atoms with E-state index in [0.29, 0.717) is 6.04 Å². The molecule has 2 atom stereocenters. The molecule has 1 saturated carbocycles. The molecule has 2 unspecified atom stereocenters. The summed E-state index contributed by atoms with van der Waals surface area (Å²) in [6, 6.07) is 1.38. The predicted molar refractivity (Wildman–Crippen MR) is 80.7 cm³/mol. The molecule has 2 fully saturated rings. The molecule has 0 spiro atoms. The fraction of sp³-hybridized carbons (Fsp3) is 0.800. The van der Waals surface area contributed by atoms with Crippen LogP contribution in [0, 0.1) is 19.8 Å². The van der Waals surface area contributed by atoms with E-state index in [4.69, 9.17) is 0 Å². The van der Waals surface area contributed by atoms with Crippen molar-refractivity contribution < 1.29 is 0 Å². The Morgan fingerprint density at radius 3 is 2.79 bits per heavy atom. The van der Waals surface area contributed by atoms with Gasteiger partial charge >= 0.3 is 0 Å². The number of aryl methyl sites for hydroxylation is 2. The summed E-state index contributed by atoms with van der Waals surface area (Å²) in [6.07, 6.45) is 4.14. The summed E-state index contributed by atoms with van der Waals surface area (Å²) in [4.78, 5) is 8.67. The molecule has 0 amide bonds. The van der Waals surface area contributed by atoms with Gasteiger partial charge in [0.2, 0.25) is 0 Å². The molecule has 0 bridgehead atoms. The average molecular weight is 279 g/mol. The van der Waals surface area contributed by atoms with Gasteiger partial charge in [0.1, 0.15) is 0 Å². The molecular weight excluding hydrogens is 254 g/mol. The Hall–Kier alpha value is -0.450. The number of nitrogens with one attached hydrogen (secondary N) is 1. The second kappa shape index (κ2) is 5.51. The van der Waals surface area contributed by atoms with E-state index in [1.807, 2.05) is 11.3 Å². The van der Waals surface area contributed by atoms with Gasteiger partial charge in [-0.25, -0.2) is 4.98 Å². The largest absolute Gasteiger partial charge is 0.314 e. The van der Waals surface area contributed by atoms with Gasteiger partial charge in [-0.1, -0.05) is 0 Å². The third kappa shape index (κ3) is 3.18. The van der Waals surface area contributed by atoms with Crippen molar-refractivity contribution in [2.24, 2.45) is 5.92 Å². The van der Waals surface area contributed by atoms with Crippen LogP contribution in [0.25, 0.3) is 0 Å². The number of nitrogens with zero attached hydrogens (tertiary/aromatic N) is 2. The summed E-state index contributed by atoms with van der Waals surface area (Å²) in [6.45, 7) is 10.3.